The summed E-state index contributed by atoms with van der Waals surface area (Å²) in [5, 5.41) is 0. The van der Waals surface area contributed by atoms with E-state index in [1.54, 1.807) is 0 Å². The standard InChI is InChI=1S/C22H32N4O3/c1-15-18(13-20(27)25-9-4-3-5-10-25)16(2)24-21(23-15)17-8-11-26(14-17)22(28)19-7-6-12-29-19/h17,19H,3-14H2,1-2H3/t17-,19+/m1/s1. The van der Waals surface area contributed by atoms with Crippen molar-refractivity contribution < 1.29 is 14.3 Å². The average molecular weight is 401 g/mol. The van der Waals surface area contributed by atoms with Crippen molar-refractivity contribution in [2.24, 2.45) is 0 Å². The van der Waals surface area contributed by atoms with Crippen LogP contribution in [0.25, 0.3) is 0 Å². The first kappa shape index (κ1) is 20.3. The molecular formula is C22H32N4O3. The number of aryl methyl sites for hydroxylation is 2. The highest BCUT2D eigenvalue weighted by atomic mass is 16.5. The molecule has 0 bridgehead atoms. The van der Waals surface area contributed by atoms with Crippen molar-refractivity contribution in [3.8, 4) is 0 Å². The van der Waals surface area contributed by atoms with Crippen LogP contribution in [0.15, 0.2) is 0 Å². The Bertz CT molecular complexity index is 746. The molecule has 3 aliphatic heterocycles. The van der Waals surface area contributed by atoms with Crippen molar-refractivity contribution in [1.29, 1.82) is 0 Å². The maximum absolute atomic E-state index is 12.7. The summed E-state index contributed by atoms with van der Waals surface area (Å²) in [6.45, 7) is 7.76. The molecule has 0 radical (unpaired) electrons. The van der Waals surface area contributed by atoms with Crippen LogP contribution in [-0.2, 0) is 20.7 Å². The minimum Gasteiger partial charge on any atom is -0.368 e. The first-order chi connectivity index (χ1) is 14.0. The van der Waals surface area contributed by atoms with Gasteiger partial charge in [0.15, 0.2) is 0 Å². The lowest BCUT2D eigenvalue weighted by Gasteiger charge is -2.27. The van der Waals surface area contributed by atoms with Crippen molar-refractivity contribution in [1.82, 2.24) is 19.8 Å². The predicted molar refractivity (Wildman–Crippen MR) is 109 cm³/mol. The number of carbonyl (C=O) groups excluding carboxylic acids is 2. The average Bonchev–Trinajstić information content (AvgIpc) is 3.43. The van der Waals surface area contributed by atoms with E-state index >= 15 is 0 Å². The number of hydrogen-bond donors (Lipinski definition) is 0. The Morgan fingerprint density at radius 3 is 2.34 bits per heavy atom. The molecule has 0 aromatic carbocycles. The SMILES string of the molecule is Cc1nc([C@@H]2CCN(C(=O)[C@@H]3CCCO3)C2)nc(C)c1CC(=O)N1CCCCC1. The van der Waals surface area contributed by atoms with E-state index in [-0.39, 0.29) is 23.8 Å². The van der Waals surface area contributed by atoms with Gasteiger partial charge < -0.3 is 14.5 Å². The summed E-state index contributed by atoms with van der Waals surface area (Å²) < 4.78 is 5.55. The largest absolute Gasteiger partial charge is 0.368 e. The molecule has 0 saturated carbocycles. The summed E-state index contributed by atoms with van der Waals surface area (Å²) in [4.78, 5) is 38.7. The number of nitrogens with zero attached hydrogens (tertiary/aromatic N) is 4. The van der Waals surface area contributed by atoms with Gasteiger partial charge in [-0.1, -0.05) is 0 Å². The zero-order valence-electron chi connectivity index (χ0n) is 17.7. The van der Waals surface area contributed by atoms with Gasteiger partial charge in [0.1, 0.15) is 11.9 Å². The minimum atomic E-state index is -0.263. The van der Waals surface area contributed by atoms with E-state index < -0.39 is 0 Å². The third-order valence-corrected chi connectivity index (χ3v) is 6.54. The lowest BCUT2D eigenvalue weighted by molar-refractivity contribution is -0.139. The van der Waals surface area contributed by atoms with Gasteiger partial charge in [0.25, 0.3) is 5.91 Å². The maximum atomic E-state index is 12.7. The molecule has 7 nitrogen and oxygen atoms in total. The molecule has 0 spiro atoms. The topological polar surface area (TPSA) is 75.6 Å². The Balaban J connectivity index is 1.41. The van der Waals surface area contributed by atoms with Crippen molar-refractivity contribution >= 4 is 11.8 Å². The van der Waals surface area contributed by atoms with Gasteiger partial charge in [-0.15, -0.1) is 0 Å². The Hall–Kier alpha value is -2.02. The fraction of sp³-hybridized carbons (Fsp3) is 0.727. The molecule has 0 N–H and O–H groups in total. The van der Waals surface area contributed by atoms with Crippen LogP contribution in [0.2, 0.25) is 0 Å². The predicted octanol–water partition coefficient (Wildman–Crippen LogP) is 2.14. The molecule has 3 fully saturated rings. The van der Waals surface area contributed by atoms with Gasteiger partial charge in [0.05, 0.1) is 6.42 Å². The van der Waals surface area contributed by atoms with Gasteiger partial charge in [-0.2, -0.15) is 0 Å². The second-order valence-corrected chi connectivity index (χ2v) is 8.62. The number of carbonyl (C=O) groups is 2. The van der Waals surface area contributed by atoms with Crippen LogP contribution < -0.4 is 0 Å². The van der Waals surface area contributed by atoms with Crippen LogP contribution in [-0.4, -0.2) is 70.5 Å². The Morgan fingerprint density at radius 2 is 1.69 bits per heavy atom. The number of amides is 2. The molecule has 29 heavy (non-hydrogen) atoms. The van der Waals surface area contributed by atoms with Crippen molar-refractivity contribution in [2.45, 2.75) is 70.8 Å². The number of piperidine rings is 1. The number of ether oxygens (including phenoxy) is 1. The second kappa shape index (κ2) is 8.78. The normalized spacial score (nSPS) is 24.9. The highest BCUT2D eigenvalue weighted by Crippen LogP contribution is 2.28. The molecule has 0 aliphatic carbocycles. The van der Waals surface area contributed by atoms with Gasteiger partial charge in [-0.25, -0.2) is 9.97 Å². The van der Waals surface area contributed by atoms with Crippen molar-refractivity contribution in [2.75, 3.05) is 32.8 Å². The van der Waals surface area contributed by atoms with Gasteiger partial charge >= 0.3 is 0 Å². The molecule has 158 valence electrons. The summed E-state index contributed by atoms with van der Waals surface area (Å²) in [5.41, 5.74) is 2.73. The third-order valence-electron chi connectivity index (χ3n) is 6.54. The lowest BCUT2D eigenvalue weighted by Crippen LogP contribution is -2.37. The smallest absolute Gasteiger partial charge is 0.251 e. The molecular weight excluding hydrogens is 368 g/mol. The van der Waals surface area contributed by atoms with E-state index in [0.29, 0.717) is 19.6 Å². The van der Waals surface area contributed by atoms with Gasteiger partial charge in [-0.05, 0) is 52.4 Å². The highest BCUT2D eigenvalue weighted by molar-refractivity contribution is 5.81. The molecule has 1 aromatic heterocycles. The lowest BCUT2D eigenvalue weighted by atomic mass is 10.0. The van der Waals surface area contributed by atoms with Crippen LogP contribution in [0.3, 0.4) is 0 Å². The van der Waals surface area contributed by atoms with Gasteiger partial charge in [-0.3, -0.25) is 9.59 Å². The summed E-state index contributed by atoms with van der Waals surface area (Å²) in [6.07, 6.45) is 6.20. The fourth-order valence-electron chi connectivity index (χ4n) is 4.76. The summed E-state index contributed by atoms with van der Waals surface area (Å²) in [6, 6.07) is 0. The summed E-state index contributed by atoms with van der Waals surface area (Å²) >= 11 is 0. The number of rotatable bonds is 4. The van der Waals surface area contributed by atoms with Crippen molar-refractivity contribution in [3.05, 3.63) is 22.8 Å². The van der Waals surface area contributed by atoms with E-state index in [9.17, 15) is 9.59 Å². The molecule has 4 heterocycles. The first-order valence-electron chi connectivity index (χ1n) is 11.0. The van der Waals surface area contributed by atoms with Crippen LogP contribution in [0.1, 0.15) is 67.2 Å². The quantitative estimate of drug-likeness (QED) is 0.774. The molecule has 2 atom stereocenters. The number of hydrogen-bond acceptors (Lipinski definition) is 5. The van der Waals surface area contributed by atoms with Crippen LogP contribution in [0.4, 0.5) is 0 Å². The second-order valence-electron chi connectivity index (χ2n) is 8.62. The van der Waals surface area contributed by atoms with E-state index in [1.807, 2.05) is 23.6 Å². The third kappa shape index (κ3) is 4.44. The molecule has 3 saturated heterocycles. The zero-order valence-corrected chi connectivity index (χ0v) is 17.7. The Morgan fingerprint density at radius 1 is 0.966 bits per heavy atom. The van der Waals surface area contributed by atoms with E-state index in [2.05, 4.69) is 0 Å². The molecule has 1 aromatic rings. The molecule has 2 amide bonds. The fourth-order valence-corrected chi connectivity index (χ4v) is 4.76. The Labute approximate surface area is 172 Å². The van der Waals surface area contributed by atoms with E-state index in [1.165, 1.54) is 6.42 Å². The van der Waals surface area contributed by atoms with Gasteiger partial charge in [0, 0.05) is 55.7 Å². The number of likely N-dealkylation sites (tertiary alicyclic amines) is 2. The Kier molecular flexibility index (Phi) is 6.13. The van der Waals surface area contributed by atoms with E-state index in [0.717, 1.165) is 74.5 Å². The monoisotopic (exact) mass is 400 g/mol. The van der Waals surface area contributed by atoms with Crippen molar-refractivity contribution in [3.63, 3.8) is 0 Å². The number of aromatic nitrogens is 2. The van der Waals surface area contributed by atoms with Crippen LogP contribution in [0.5, 0.6) is 0 Å². The van der Waals surface area contributed by atoms with E-state index in [4.69, 9.17) is 14.7 Å². The van der Waals surface area contributed by atoms with Crippen LogP contribution >= 0.6 is 0 Å². The maximum Gasteiger partial charge on any atom is 0.251 e. The molecule has 0 unspecified atom stereocenters. The minimum absolute atomic E-state index is 0.113. The molecule has 3 aliphatic rings. The summed E-state index contributed by atoms with van der Waals surface area (Å²) in [5.74, 6) is 1.25. The highest BCUT2D eigenvalue weighted by Gasteiger charge is 2.35. The molecule has 7 heteroatoms. The molecule has 4 rings (SSSR count). The van der Waals surface area contributed by atoms with Crippen LogP contribution in [0, 0.1) is 13.8 Å². The summed E-state index contributed by atoms with van der Waals surface area (Å²) in [7, 11) is 0. The first-order valence-corrected chi connectivity index (χ1v) is 11.0. The van der Waals surface area contributed by atoms with Gasteiger partial charge in [0.2, 0.25) is 5.91 Å². The zero-order chi connectivity index (χ0) is 20.4.